The van der Waals surface area contributed by atoms with Crippen LogP contribution in [0.4, 0.5) is 4.79 Å². The molecule has 3 rings (SSSR count). The molecule has 0 radical (unpaired) electrons. The number of unbranched alkanes of at least 4 members (excludes halogenated alkanes) is 4. The van der Waals surface area contributed by atoms with Crippen LogP contribution in [0.15, 0.2) is 18.2 Å². The Morgan fingerprint density at radius 2 is 2.04 bits per heavy atom. The Bertz CT molecular complexity index is 602. The molecule has 4 nitrogen and oxygen atoms in total. The van der Waals surface area contributed by atoms with E-state index in [9.17, 15) is 4.79 Å². The predicted octanol–water partition coefficient (Wildman–Crippen LogP) is 4.87. The number of nitrogens with one attached hydrogen (secondary N) is 1. The predicted molar refractivity (Wildman–Crippen MR) is 106 cm³/mol. The highest BCUT2D eigenvalue weighted by atomic mass is 16.6. The number of fused-ring (bicyclic) bond motifs is 3. The Labute approximate surface area is 158 Å². The summed E-state index contributed by atoms with van der Waals surface area (Å²) < 4.78 is 5.53. The number of hydrogen-bond acceptors (Lipinski definition) is 3. The van der Waals surface area contributed by atoms with Gasteiger partial charge in [0.15, 0.2) is 0 Å². The fourth-order valence-corrected chi connectivity index (χ4v) is 4.57. The standard InChI is InChI=1S/C22H34N2O2/c1-3-5-6-7-8-12-23-22(25)26-18-10-9-17-15-21-19(20(17)16-18)11-14-24(21)13-4-2/h9-10,16,19,21H,3-8,11-15H2,1-2H3,(H,23,25)/t19-,21+/m1/s1. The first-order valence-electron chi connectivity index (χ1n) is 10.6. The minimum absolute atomic E-state index is 0.325. The van der Waals surface area contributed by atoms with Crippen molar-refractivity contribution < 1.29 is 9.53 Å². The molecule has 0 unspecified atom stereocenters. The highest BCUT2D eigenvalue weighted by molar-refractivity contribution is 5.70. The smallest absolute Gasteiger partial charge is 0.410 e. The number of benzene rings is 1. The van der Waals surface area contributed by atoms with Gasteiger partial charge in [-0.05, 0) is 62.0 Å². The third-order valence-corrected chi connectivity index (χ3v) is 5.88. The molecule has 1 heterocycles. The molecule has 144 valence electrons. The van der Waals surface area contributed by atoms with E-state index < -0.39 is 0 Å². The zero-order valence-electron chi connectivity index (χ0n) is 16.4. The Morgan fingerprint density at radius 1 is 1.19 bits per heavy atom. The molecule has 4 heteroatoms. The number of likely N-dealkylation sites (tertiary alicyclic amines) is 1. The second-order valence-electron chi connectivity index (χ2n) is 7.79. The van der Waals surface area contributed by atoms with Crippen LogP contribution >= 0.6 is 0 Å². The molecule has 1 fully saturated rings. The van der Waals surface area contributed by atoms with E-state index in [1.807, 2.05) is 6.07 Å². The van der Waals surface area contributed by atoms with Gasteiger partial charge in [0.1, 0.15) is 5.75 Å². The summed E-state index contributed by atoms with van der Waals surface area (Å²) >= 11 is 0. The van der Waals surface area contributed by atoms with Gasteiger partial charge in [-0.25, -0.2) is 4.79 Å². The molecule has 0 aromatic heterocycles. The monoisotopic (exact) mass is 358 g/mol. The summed E-state index contributed by atoms with van der Waals surface area (Å²) in [5.41, 5.74) is 2.84. The molecule has 1 aliphatic carbocycles. The largest absolute Gasteiger partial charge is 0.412 e. The van der Waals surface area contributed by atoms with E-state index in [-0.39, 0.29) is 6.09 Å². The Morgan fingerprint density at radius 3 is 2.85 bits per heavy atom. The third-order valence-electron chi connectivity index (χ3n) is 5.88. The molecule has 1 N–H and O–H groups in total. The highest BCUT2D eigenvalue weighted by Crippen LogP contribution is 2.44. The average molecular weight is 359 g/mol. The minimum atomic E-state index is -0.325. The van der Waals surface area contributed by atoms with Gasteiger partial charge in [-0.2, -0.15) is 0 Å². The van der Waals surface area contributed by atoms with Crippen molar-refractivity contribution in [3.05, 3.63) is 29.3 Å². The van der Waals surface area contributed by atoms with Crippen LogP contribution in [0.1, 0.15) is 75.8 Å². The van der Waals surface area contributed by atoms with Crippen LogP contribution in [0.3, 0.4) is 0 Å². The molecule has 0 bridgehead atoms. The first-order valence-corrected chi connectivity index (χ1v) is 10.6. The fraction of sp³-hybridized carbons (Fsp3) is 0.682. The molecule has 26 heavy (non-hydrogen) atoms. The van der Waals surface area contributed by atoms with Gasteiger partial charge in [0, 0.05) is 18.5 Å². The molecule has 0 spiro atoms. The van der Waals surface area contributed by atoms with Gasteiger partial charge in [0.05, 0.1) is 0 Å². The van der Waals surface area contributed by atoms with Crippen molar-refractivity contribution in [2.75, 3.05) is 19.6 Å². The number of rotatable bonds is 9. The van der Waals surface area contributed by atoms with Gasteiger partial charge in [-0.3, -0.25) is 4.90 Å². The van der Waals surface area contributed by atoms with Crippen LogP contribution in [-0.2, 0) is 6.42 Å². The van der Waals surface area contributed by atoms with Crippen LogP contribution in [0, 0.1) is 0 Å². The molecule has 2 aliphatic rings. The minimum Gasteiger partial charge on any atom is -0.410 e. The second-order valence-corrected chi connectivity index (χ2v) is 7.79. The lowest BCUT2D eigenvalue weighted by Crippen LogP contribution is -2.31. The normalized spacial score (nSPS) is 21.5. The summed E-state index contributed by atoms with van der Waals surface area (Å²) in [6.07, 6.45) is 9.22. The van der Waals surface area contributed by atoms with Crippen molar-refractivity contribution in [3.8, 4) is 5.75 Å². The van der Waals surface area contributed by atoms with E-state index in [1.54, 1.807) is 0 Å². The molecule has 1 aliphatic heterocycles. The van der Waals surface area contributed by atoms with E-state index in [0.29, 0.717) is 24.3 Å². The zero-order chi connectivity index (χ0) is 18.4. The third kappa shape index (κ3) is 4.59. The molecular formula is C22H34N2O2. The molecule has 1 amide bonds. The van der Waals surface area contributed by atoms with Gasteiger partial charge in [-0.15, -0.1) is 0 Å². The van der Waals surface area contributed by atoms with Gasteiger partial charge in [-0.1, -0.05) is 45.6 Å². The summed E-state index contributed by atoms with van der Waals surface area (Å²) in [4.78, 5) is 14.7. The van der Waals surface area contributed by atoms with Crippen molar-refractivity contribution >= 4 is 6.09 Å². The van der Waals surface area contributed by atoms with E-state index >= 15 is 0 Å². The van der Waals surface area contributed by atoms with E-state index in [1.165, 1.54) is 62.7 Å². The van der Waals surface area contributed by atoms with Gasteiger partial charge >= 0.3 is 6.09 Å². The van der Waals surface area contributed by atoms with E-state index in [4.69, 9.17) is 4.74 Å². The fourth-order valence-electron chi connectivity index (χ4n) is 4.57. The summed E-state index contributed by atoms with van der Waals surface area (Å²) in [7, 11) is 0. The van der Waals surface area contributed by atoms with Crippen molar-refractivity contribution in [1.29, 1.82) is 0 Å². The van der Waals surface area contributed by atoms with Gasteiger partial charge in [0.25, 0.3) is 0 Å². The summed E-state index contributed by atoms with van der Waals surface area (Å²) in [5.74, 6) is 1.29. The van der Waals surface area contributed by atoms with Crippen LogP contribution in [0.2, 0.25) is 0 Å². The number of carbonyl (C=O) groups is 1. The van der Waals surface area contributed by atoms with Crippen LogP contribution in [-0.4, -0.2) is 36.7 Å². The Balaban J connectivity index is 1.49. The maximum atomic E-state index is 12.0. The summed E-state index contributed by atoms with van der Waals surface area (Å²) in [6, 6.07) is 6.86. The van der Waals surface area contributed by atoms with Crippen molar-refractivity contribution in [1.82, 2.24) is 10.2 Å². The van der Waals surface area contributed by atoms with Crippen LogP contribution in [0.25, 0.3) is 0 Å². The van der Waals surface area contributed by atoms with Crippen molar-refractivity contribution in [3.63, 3.8) is 0 Å². The zero-order valence-corrected chi connectivity index (χ0v) is 16.4. The maximum absolute atomic E-state index is 12.0. The lowest BCUT2D eigenvalue weighted by Gasteiger charge is -2.22. The number of nitrogens with zero attached hydrogens (tertiary/aromatic N) is 1. The van der Waals surface area contributed by atoms with Crippen LogP contribution < -0.4 is 10.1 Å². The van der Waals surface area contributed by atoms with Crippen molar-refractivity contribution in [2.45, 2.75) is 77.2 Å². The first kappa shape index (κ1) is 19.2. The van der Waals surface area contributed by atoms with Crippen molar-refractivity contribution in [2.24, 2.45) is 0 Å². The van der Waals surface area contributed by atoms with Crippen LogP contribution in [0.5, 0.6) is 5.75 Å². The number of ether oxygens (including phenoxy) is 1. The van der Waals surface area contributed by atoms with E-state index in [0.717, 1.165) is 12.8 Å². The second kappa shape index (κ2) is 9.40. The van der Waals surface area contributed by atoms with Gasteiger partial charge < -0.3 is 10.1 Å². The topological polar surface area (TPSA) is 41.6 Å². The molecule has 1 saturated heterocycles. The number of hydrogen-bond donors (Lipinski definition) is 1. The van der Waals surface area contributed by atoms with Gasteiger partial charge in [0.2, 0.25) is 0 Å². The molecule has 1 aromatic rings. The Hall–Kier alpha value is -1.55. The Kier molecular flexibility index (Phi) is 6.95. The lowest BCUT2D eigenvalue weighted by molar-refractivity contribution is 0.200. The number of carbonyl (C=O) groups excluding carboxylic acids is 1. The SMILES string of the molecule is CCCCCCCNC(=O)Oc1ccc2c(c1)[C@H]1CCN(CCC)[C@H]1C2. The summed E-state index contributed by atoms with van der Waals surface area (Å²) in [6.45, 7) is 7.56. The quantitative estimate of drug-likeness (QED) is 0.640. The first-order chi connectivity index (χ1) is 12.7. The molecule has 2 atom stereocenters. The average Bonchev–Trinajstić information content (AvgIpc) is 3.18. The molecule has 1 aromatic carbocycles. The molecule has 0 saturated carbocycles. The van der Waals surface area contributed by atoms with E-state index in [2.05, 4.69) is 36.2 Å². The highest BCUT2D eigenvalue weighted by Gasteiger charge is 2.40. The maximum Gasteiger partial charge on any atom is 0.412 e. The summed E-state index contributed by atoms with van der Waals surface area (Å²) in [5, 5.41) is 2.88. The lowest BCUT2D eigenvalue weighted by atomic mass is 9.98. The molecular weight excluding hydrogens is 324 g/mol. The number of amides is 1.